The van der Waals surface area contributed by atoms with Crippen molar-refractivity contribution in [2.75, 3.05) is 20.1 Å². The average molecular weight is 450 g/mol. The van der Waals surface area contributed by atoms with Crippen LogP contribution in [0.4, 0.5) is 0 Å². The van der Waals surface area contributed by atoms with Gasteiger partial charge in [0.05, 0.1) is 32.2 Å². The van der Waals surface area contributed by atoms with Crippen LogP contribution in [-0.2, 0) is 23.2 Å². The number of hydrogen-bond donors (Lipinski definition) is 2. The number of hydrogen-bond acceptors (Lipinski definition) is 4. The van der Waals surface area contributed by atoms with Gasteiger partial charge >= 0.3 is 0 Å². The van der Waals surface area contributed by atoms with Gasteiger partial charge in [-0.3, -0.25) is 4.79 Å². The minimum absolute atomic E-state index is 0. The second kappa shape index (κ2) is 5.81. The van der Waals surface area contributed by atoms with Crippen molar-refractivity contribution in [1.82, 2.24) is 0 Å². The maximum atomic E-state index is 12.9. The summed E-state index contributed by atoms with van der Waals surface area (Å²) in [6.45, 7) is 2.02. The molecule has 1 unspecified atom stereocenters. The highest BCUT2D eigenvalue weighted by atomic mass is 79.9. The van der Waals surface area contributed by atoms with Gasteiger partial charge in [0.25, 0.3) is 0 Å². The Morgan fingerprint density at radius 3 is 2.79 bits per heavy atom. The summed E-state index contributed by atoms with van der Waals surface area (Å²) in [5.74, 6) is 1.59. The lowest BCUT2D eigenvalue weighted by atomic mass is 9.48. The lowest BCUT2D eigenvalue weighted by molar-refractivity contribution is -0.950. The normalized spacial score (nSPS) is 42.5. The van der Waals surface area contributed by atoms with Gasteiger partial charge in [-0.15, -0.1) is 0 Å². The van der Waals surface area contributed by atoms with E-state index in [0.29, 0.717) is 18.6 Å². The van der Waals surface area contributed by atoms with Gasteiger partial charge in [-0.1, -0.05) is 12.1 Å². The number of likely N-dealkylation sites (N-methyl/N-ethyl adjacent to an activating group) is 1. The van der Waals surface area contributed by atoms with E-state index in [9.17, 15) is 15.0 Å². The molecule has 5 nitrogen and oxygen atoms in total. The highest BCUT2D eigenvalue weighted by molar-refractivity contribution is 5.89. The topological polar surface area (TPSA) is 66.8 Å². The second-order valence-corrected chi connectivity index (χ2v) is 9.90. The van der Waals surface area contributed by atoms with Crippen LogP contribution in [0.5, 0.6) is 5.75 Å². The van der Waals surface area contributed by atoms with E-state index >= 15 is 0 Å². The zero-order valence-electron chi connectivity index (χ0n) is 16.3. The number of aliphatic hydroxyl groups excluding tert-OH is 1. The van der Waals surface area contributed by atoms with Crippen LogP contribution in [0, 0.1) is 5.92 Å². The maximum Gasteiger partial charge on any atom is 0.174 e. The largest absolute Gasteiger partial charge is 1.00 e. The molecule has 1 aromatic carbocycles. The number of quaternary nitrogens is 1. The molecule has 2 aliphatic heterocycles. The molecular formula is C22H28BrNO4. The molecule has 5 aliphatic rings. The molecule has 28 heavy (non-hydrogen) atoms. The molecule has 2 saturated carbocycles. The molecule has 0 amide bonds. The van der Waals surface area contributed by atoms with Gasteiger partial charge in [0, 0.05) is 36.3 Å². The summed E-state index contributed by atoms with van der Waals surface area (Å²) in [6.07, 6.45) is 4.59. The Balaban J connectivity index is 0.00000171. The number of ether oxygens (including phenoxy) is 1. The molecule has 2 heterocycles. The predicted octanol–water partition coefficient (Wildman–Crippen LogP) is -1.54. The number of aliphatic hydroxyl groups is 2. The fourth-order valence-electron chi connectivity index (χ4n) is 7.13. The van der Waals surface area contributed by atoms with E-state index in [4.69, 9.17) is 4.74 Å². The number of Topliss-reactive ketones (excluding diaryl/α,β-unsaturated/α-hetero) is 1. The number of rotatable bonds is 3. The van der Waals surface area contributed by atoms with Gasteiger partial charge in [-0.05, 0) is 24.8 Å². The quantitative estimate of drug-likeness (QED) is 0.549. The Morgan fingerprint density at radius 1 is 1.29 bits per heavy atom. The van der Waals surface area contributed by atoms with E-state index in [0.717, 1.165) is 47.5 Å². The predicted molar refractivity (Wildman–Crippen MR) is 98.4 cm³/mol. The van der Waals surface area contributed by atoms with Crippen molar-refractivity contribution in [2.45, 2.75) is 68.3 Å². The van der Waals surface area contributed by atoms with Crippen molar-refractivity contribution in [2.24, 2.45) is 5.92 Å². The van der Waals surface area contributed by atoms with Crippen molar-refractivity contribution in [3.63, 3.8) is 0 Å². The van der Waals surface area contributed by atoms with Crippen LogP contribution in [0.2, 0.25) is 0 Å². The van der Waals surface area contributed by atoms with Gasteiger partial charge in [0.2, 0.25) is 0 Å². The number of nitrogens with zero attached hydrogens (tertiary/aromatic N) is 1. The number of benzene rings is 1. The molecule has 0 aromatic heterocycles. The first-order valence-electron chi connectivity index (χ1n) is 10.4. The number of carbonyl (C=O) groups is 1. The Kier molecular flexibility index (Phi) is 3.95. The molecule has 2 N–H and O–H groups in total. The number of piperidine rings is 1. The fraction of sp³-hybridized carbons (Fsp3) is 0.682. The Hall–Kier alpha value is -0.950. The zero-order valence-corrected chi connectivity index (χ0v) is 17.9. The Bertz CT molecular complexity index is 870. The molecule has 5 atom stereocenters. The molecule has 6 rings (SSSR count). The van der Waals surface area contributed by atoms with Crippen molar-refractivity contribution in [3.05, 3.63) is 28.8 Å². The molecule has 6 heteroatoms. The van der Waals surface area contributed by atoms with E-state index < -0.39 is 17.1 Å². The lowest BCUT2D eigenvalue weighted by Gasteiger charge is -2.64. The molecule has 3 fully saturated rings. The smallest absolute Gasteiger partial charge is 0.174 e. The SMILES string of the molecule is C[N+]1(CC2CC2)CC[C@]23c4c5ccc(CO)c4O[C@H]2C(=O)CC[C@@]3(O)[C@H]1C5.[Br-]. The summed E-state index contributed by atoms with van der Waals surface area (Å²) in [5.41, 5.74) is 1.48. The third-order valence-corrected chi connectivity index (χ3v) is 8.55. The van der Waals surface area contributed by atoms with Crippen molar-refractivity contribution in [1.29, 1.82) is 0 Å². The number of halogens is 1. The minimum Gasteiger partial charge on any atom is -1.00 e. The van der Waals surface area contributed by atoms with E-state index in [2.05, 4.69) is 13.1 Å². The van der Waals surface area contributed by atoms with Crippen LogP contribution >= 0.6 is 0 Å². The van der Waals surface area contributed by atoms with Gasteiger partial charge in [-0.2, -0.15) is 0 Å². The van der Waals surface area contributed by atoms with Gasteiger partial charge in [0.1, 0.15) is 17.4 Å². The van der Waals surface area contributed by atoms with E-state index in [1.165, 1.54) is 18.4 Å². The highest BCUT2D eigenvalue weighted by Gasteiger charge is 2.76. The molecular weight excluding hydrogens is 422 g/mol. The van der Waals surface area contributed by atoms with Crippen molar-refractivity contribution >= 4 is 5.78 Å². The fourth-order valence-corrected chi connectivity index (χ4v) is 7.13. The first-order valence-corrected chi connectivity index (χ1v) is 10.4. The number of likely N-dealkylation sites (tertiary alicyclic amines) is 1. The Labute approximate surface area is 176 Å². The summed E-state index contributed by atoms with van der Waals surface area (Å²) >= 11 is 0. The second-order valence-electron chi connectivity index (χ2n) is 9.90. The zero-order chi connectivity index (χ0) is 18.6. The summed E-state index contributed by atoms with van der Waals surface area (Å²) in [5, 5.41) is 22.1. The van der Waals surface area contributed by atoms with Crippen molar-refractivity contribution in [3.8, 4) is 5.75 Å². The summed E-state index contributed by atoms with van der Waals surface area (Å²) in [4.78, 5) is 12.9. The van der Waals surface area contributed by atoms with Crippen LogP contribution in [0.25, 0.3) is 0 Å². The van der Waals surface area contributed by atoms with E-state index in [1.807, 2.05) is 6.07 Å². The van der Waals surface area contributed by atoms with Gasteiger partial charge in [0.15, 0.2) is 11.9 Å². The van der Waals surface area contributed by atoms with Crippen molar-refractivity contribution < 1.29 is 41.2 Å². The van der Waals surface area contributed by atoms with E-state index in [1.54, 1.807) is 0 Å². The van der Waals surface area contributed by atoms with Crippen LogP contribution in [0.3, 0.4) is 0 Å². The highest BCUT2D eigenvalue weighted by Crippen LogP contribution is 2.65. The van der Waals surface area contributed by atoms with Crippen LogP contribution < -0.4 is 21.7 Å². The molecule has 3 aliphatic carbocycles. The molecule has 2 bridgehead atoms. The Morgan fingerprint density at radius 2 is 2.07 bits per heavy atom. The minimum atomic E-state index is -0.903. The molecule has 1 aromatic rings. The van der Waals surface area contributed by atoms with Crippen LogP contribution in [0.1, 0.15) is 48.8 Å². The third kappa shape index (κ3) is 2.05. The number of carbonyl (C=O) groups excluding carboxylic acids is 1. The summed E-state index contributed by atoms with van der Waals surface area (Å²) in [6, 6.07) is 4.17. The summed E-state index contributed by atoms with van der Waals surface area (Å²) < 4.78 is 7.18. The van der Waals surface area contributed by atoms with Gasteiger partial charge < -0.3 is 36.4 Å². The van der Waals surface area contributed by atoms with E-state index in [-0.39, 0.29) is 35.4 Å². The third-order valence-electron chi connectivity index (χ3n) is 8.55. The van der Waals surface area contributed by atoms with Crippen LogP contribution in [-0.4, -0.2) is 58.4 Å². The average Bonchev–Trinajstić information content (AvgIpc) is 3.37. The number of ketones is 1. The first-order chi connectivity index (χ1) is 12.9. The maximum absolute atomic E-state index is 12.9. The standard InChI is InChI=1S/C22H28NO4.BrH/c1-23(11-13-2-3-13)9-8-21-18-14-4-5-15(12-24)19(18)27-20(21)16(25)6-7-22(21,26)17(23)10-14;/h4-5,13,17,20,24,26H,2-3,6-12H2,1H3;1H/q+1;/p-1/t17-,20+,21+,22-,23?;/m1./s1. The molecule has 152 valence electrons. The lowest BCUT2D eigenvalue weighted by Crippen LogP contribution is -3.00. The van der Waals surface area contributed by atoms with Gasteiger partial charge in [-0.25, -0.2) is 0 Å². The molecule has 0 radical (unpaired) electrons. The molecule has 1 saturated heterocycles. The monoisotopic (exact) mass is 449 g/mol. The molecule has 1 spiro atoms. The summed E-state index contributed by atoms with van der Waals surface area (Å²) in [7, 11) is 2.32. The van der Waals surface area contributed by atoms with Crippen LogP contribution in [0.15, 0.2) is 12.1 Å². The first kappa shape index (κ1) is 19.0.